The third-order valence-corrected chi connectivity index (χ3v) is 5.07. The maximum Gasteiger partial charge on any atom is 0.270 e. The van der Waals surface area contributed by atoms with Crippen LogP contribution in [0.3, 0.4) is 0 Å². The summed E-state index contributed by atoms with van der Waals surface area (Å²) in [7, 11) is -3.89. The lowest BCUT2D eigenvalue weighted by Crippen LogP contribution is -2.46. The highest BCUT2D eigenvalue weighted by molar-refractivity contribution is 7.89. The van der Waals surface area contributed by atoms with Crippen LogP contribution >= 0.6 is 0 Å². The molecule has 134 valence electrons. The molecule has 0 saturated carbocycles. The van der Waals surface area contributed by atoms with E-state index in [4.69, 9.17) is 5.73 Å². The molecule has 1 rings (SSSR count). The first-order valence-corrected chi connectivity index (χ1v) is 8.94. The van der Waals surface area contributed by atoms with Crippen molar-refractivity contribution in [2.75, 3.05) is 13.1 Å². The standard InChI is InChI=1S/C14H22N4O5S/c1-3-10(2)13(15)14(19)16-7-8-17-24(22,23)12-6-4-5-11(9-12)18(20)21/h4-6,9-10,13,17H,3,7-8,15H2,1-2H3,(H,16,19). The number of hydrogen-bond acceptors (Lipinski definition) is 6. The van der Waals surface area contributed by atoms with E-state index in [2.05, 4.69) is 10.0 Å². The summed E-state index contributed by atoms with van der Waals surface area (Å²) < 4.78 is 26.4. The smallest absolute Gasteiger partial charge is 0.270 e. The summed E-state index contributed by atoms with van der Waals surface area (Å²) in [5, 5.41) is 13.2. The number of non-ortho nitro benzene ring substituents is 1. The molecule has 0 radical (unpaired) electrons. The minimum Gasteiger partial charge on any atom is -0.353 e. The van der Waals surface area contributed by atoms with Gasteiger partial charge in [-0.05, 0) is 12.0 Å². The number of nitrogens with one attached hydrogen (secondary N) is 2. The molecular weight excluding hydrogens is 336 g/mol. The van der Waals surface area contributed by atoms with E-state index in [0.717, 1.165) is 12.5 Å². The van der Waals surface area contributed by atoms with Crippen molar-refractivity contribution in [1.82, 2.24) is 10.0 Å². The Balaban J connectivity index is 2.56. The van der Waals surface area contributed by atoms with Gasteiger partial charge in [-0.25, -0.2) is 13.1 Å². The highest BCUT2D eigenvalue weighted by atomic mass is 32.2. The summed E-state index contributed by atoms with van der Waals surface area (Å²) in [5.74, 6) is -0.328. The fourth-order valence-corrected chi connectivity index (χ4v) is 2.92. The highest BCUT2D eigenvalue weighted by Crippen LogP contribution is 2.16. The molecule has 0 saturated heterocycles. The molecule has 0 aromatic heterocycles. The van der Waals surface area contributed by atoms with Gasteiger partial charge < -0.3 is 11.1 Å². The van der Waals surface area contributed by atoms with E-state index >= 15 is 0 Å². The first-order valence-electron chi connectivity index (χ1n) is 7.46. The highest BCUT2D eigenvalue weighted by Gasteiger charge is 2.20. The van der Waals surface area contributed by atoms with Crippen molar-refractivity contribution in [3.63, 3.8) is 0 Å². The maximum absolute atomic E-state index is 12.1. The van der Waals surface area contributed by atoms with Gasteiger partial charge in [0.25, 0.3) is 5.69 Å². The van der Waals surface area contributed by atoms with Crippen molar-refractivity contribution < 1.29 is 18.1 Å². The second-order valence-corrected chi connectivity index (χ2v) is 7.12. The molecule has 0 aliphatic heterocycles. The van der Waals surface area contributed by atoms with Crippen molar-refractivity contribution >= 4 is 21.6 Å². The first-order chi connectivity index (χ1) is 11.2. The van der Waals surface area contributed by atoms with Crippen molar-refractivity contribution in [2.45, 2.75) is 31.2 Å². The van der Waals surface area contributed by atoms with E-state index in [1.165, 1.54) is 18.2 Å². The van der Waals surface area contributed by atoms with Crippen molar-refractivity contribution in [3.05, 3.63) is 34.4 Å². The molecule has 0 fully saturated rings. The monoisotopic (exact) mass is 358 g/mol. The van der Waals surface area contributed by atoms with Crippen LogP contribution < -0.4 is 15.8 Å². The van der Waals surface area contributed by atoms with Crippen molar-refractivity contribution in [1.29, 1.82) is 0 Å². The number of hydrogen-bond donors (Lipinski definition) is 3. The number of carbonyl (C=O) groups is 1. The van der Waals surface area contributed by atoms with E-state index in [-0.39, 0.29) is 35.5 Å². The molecule has 2 atom stereocenters. The molecule has 0 heterocycles. The normalized spacial score (nSPS) is 14.0. The second-order valence-electron chi connectivity index (χ2n) is 5.35. The molecule has 1 amide bonds. The van der Waals surface area contributed by atoms with Gasteiger partial charge in [-0.1, -0.05) is 26.3 Å². The number of carbonyl (C=O) groups excluding carboxylic acids is 1. The van der Waals surface area contributed by atoms with Crippen LogP contribution in [0.25, 0.3) is 0 Å². The van der Waals surface area contributed by atoms with E-state index in [9.17, 15) is 23.3 Å². The molecule has 0 aliphatic rings. The maximum atomic E-state index is 12.1. The summed E-state index contributed by atoms with van der Waals surface area (Å²) in [5.41, 5.74) is 5.45. The van der Waals surface area contributed by atoms with Gasteiger partial charge >= 0.3 is 0 Å². The lowest BCUT2D eigenvalue weighted by Gasteiger charge is -2.17. The third kappa shape index (κ3) is 5.55. The van der Waals surface area contributed by atoms with Gasteiger partial charge in [-0.3, -0.25) is 14.9 Å². The van der Waals surface area contributed by atoms with Crippen LogP contribution in [0.4, 0.5) is 5.69 Å². The van der Waals surface area contributed by atoms with Crippen LogP contribution in [0.2, 0.25) is 0 Å². The Kier molecular flexibility index (Phi) is 7.26. The van der Waals surface area contributed by atoms with E-state index < -0.39 is 21.0 Å². The molecular formula is C14H22N4O5S. The summed E-state index contributed by atoms with van der Waals surface area (Å²) >= 11 is 0. The van der Waals surface area contributed by atoms with Gasteiger partial charge in [0.1, 0.15) is 0 Å². The fourth-order valence-electron chi connectivity index (χ4n) is 1.85. The number of nitrogens with two attached hydrogens (primary N) is 1. The molecule has 24 heavy (non-hydrogen) atoms. The van der Waals surface area contributed by atoms with E-state index in [1.54, 1.807) is 0 Å². The average Bonchev–Trinajstić information content (AvgIpc) is 2.57. The predicted octanol–water partition coefficient (Wildman–Crippen LogP) is 0.363. The number of rotatable bonds is 9. The van der Waals surface area contributed by atoms with Gasteiger partial charge in [0, 0.05) is 25.2 Å². The van der Waals surface area contributed by atoms with Gasteiger partial charge in [0.05, 0.1) is 15.9 Å². The number of sulfonamides is 1. The van der Waals surface area contributed by atoms with Crippen molar-refractivity contribution in [3.8, 4) is 0 Å². The molecule has 1 aromatic rings. The van der Waals surface area contributed by atoms with Crippen LogP contribution in [0.1, 0.15) is 20.3 Å². The number of benzene rings is 1. The lowest BCUT2D eigenvalue weighted by molar-refractivity contribution is -0.385. The van der Waals surface area contributed by atoms with Crippen LogP contribution in [-0.2, 0) is 14.8 Å². The number of amides is 1. The zero-order valence-electron chi connectivity index (χ0n) is 13.6. The Morgan fingerprint density at radius 1 is 1.38 bits per heavy atom. The minimum absolute atomic E-state index is 0.0200. The molecule has 0 bridgehead atoms. The number of nitro benzene ring substituents is 1. The summed E-state index contributed by atoms with van der Waals surface area (Å²) in [4.78, 5) is 21.6. The Labute approximate surface area is 140 Å². The van der Waals surface area contributed by atoms with E-state index in [0.29, 0.717) is 0 Å². The van der Waals surface area contributed by atoms with Crippen LogP contribution in [0, 0.1) is 16.0 Å². The SMILES string of the molecule is CCC(C)C(N)C(=O)NCCNS(=O)(=O)c1cccc([N+](=O)[O-])c1. The zero-order chi connectivity index (χ0) is 18.3. The molecule has 2 unspecified atom stereocenters. The molecule has 0 aliphatic carbocycles. The quantitative estimate of drug-likeness (QED) is 0.330. The molecule has 9 nitrogen and oxygen atoms in total. The molecule has 10 heteroatoms. The minimum atomic E-state index is -3.89. The predicted molar refractivity (Wildman–Crippen MR) is 88.7 cm³/mol. The average molecular weight is 358 g/mol. The summed E-state index contributed by atoms with van der Waals surface area (Å²) in [6.45, 7) is 3.79. The van der Waals surface area contributed by atoms with Gasteiger partial charge in [-0.2, -0.15) is 0 Å². The van der Waals surface area contributed by atoms with Gasteiger partial charge in [0.2, 0.25) is 15.9 Å². The van der Waals surface area contributed by atoms with Crippen molar-refractivity contribution in [2.24, 2.45) is 11.7 Å². The Morgan fingerprint density at radius 3 is 2.62 bits per heavy atom. The van der Waals surface area contributed by atoms with Gasteiger partial charge in [0.15, 0.2) is 0 Å². The topological polar surface area (TPSA) is 144 Å². The van der Waals surface area contributed by atoms with E-state index in [1.807, 2.05) is 13.8 Å². The Hall–Kier alpha value is -2.04. The second kappa shape index (κ2) is 8.71. The first kappa shape index (κ1) is 20.0. The third-order valence-electron chi connectivity index (χ3n) is 3.61. The van der Waals surface area contributed by atoms with Crippen LogP contribution in [-0.4, -0.2) is 38.4 Å². The fraction of sp³-hybridized carbons (Fsp3) is 0.500. The number of nitrogens with zero attached hydrogens (tertiary/aromatic N) is 1. The summed E-state index contributed by atoms with van der Waals surface area (Å²) in [6.07, 6.45) is 0.758. The Morgan fingerprint density at radius 2 is 2.04 bits per heavy atom. The molecule has 0 spiro atoms. The largest absolute Gasteiger partial charge is 0.353 e. The van der Waals surface area contributed by atoms with Crippen LogP contribution in [0.15, 0.2) is 29.2 Å². The lowest BCUT2D eigenvalue weighted by atomic mass is 9.99. The van der Waals surface area contributed by atoms with Gasteiger partial charge in [-0.15, -0.1) is 0 Å². The Bertz CT molecular complexity index is 692. The summed E-state index contributed by atoms with van der Waals surface area (Å²) in [6, 6.07) is 4.07. The van der Waals surface area contributed by atoms with Crippen LogP contribution in [0.5, 0.6) is 0 Å². The number of nitro groups is 1. The molecule has 4 N–H and O–H groups in total. The molecule has 1 aromatic carbocycles. The zero-order valence-corrected chi connectivity index (χ0v) is 14.4.